The molecule has 2 heteroatoms. The van der Waals surface area contributed by atoms with E-state index in [2.05, 4.69) is 12.2 Å². The molecule has 0 aliphatic heterocycles. The normalized spacial score (nSPS) is 10.5. The van der Waals surface area contributed by atoms with Gasteiger partial charge in [-0.05, 0) is 45.7 Å². The lowest BCUT2D eigenvalue weighted by Gasteiger charge is -2.02. The first-order valence-electron chi connectivity index (χ1n) is 5.20. The molecule has 0 spiro atoms. The van der Waals surface area contributed by atoms with E-state index in [1.807, 2.05) is 6.92 Å². The second-order valence-electron chi connectivity index (χ2n) is 3.01. The van der Waals surface area contributed by atoms with Crippen LogP contribution in [0.2, 0.25) is 0 Å². The summed E-state index contributed by atoms with van der Waals surface area (Å²) in [4.78, 5) is 0. The highest BCUT2D eigenvalue weighted by Crippen LogP contribution is 1.94. The van der Waals surface area contributed by atoms with E-state index in [4.69, 9.17) is 4.74 Å². The van der Waals surface area contributed by atoms with Crippen molar-refractivity contribution < 1.29 is 4.74 Å². The van der Waals surface area contributed by atoms with Crippen molar-refractivity contribution in [2.24, 2.45) is 0 Å². The van der Waals surface area contributed by atoms with E-state index in [1.54, 1.807) is 0 Å². The molecule has 0 bridgehead atoms. The molecule has 0 atom stereocenters. The summed E-state index contributed by atoms with van der Waals surface area (Å²) in [5.41, 5.74) is 0. The van der Waals surface area contributed by atoms with Gasteiger partial charge in [0.15, 0.2) is 0 Å². The van der Waals surface area contributed by atoms with Crippen molar-refractivity contribution in [1.29, 1.82) is 0 Å². The maximum absolute atomic E-state index is 5.24. The smallest absolute Gasteiger partial charge is 0.0465 e. The zero-order chi connectivity index (χ0) is 9.07. The molecule has 74 valence electrons. The van der Waals surface area contributed by atoms with E-state index in [0.29, 0.717) is 0 Å². The third kappa shape index (κ3) is 9.92. The Morgan fingerprint density at radius 2 is 1.83 bits per heavy atom. The zero-order valence-corrected chi connectivity index (χ0v) is 8.57. The Bertz CT molecular complexity index is 66.2. The monoisotopic (exact) mass is 173 g/mol. The summed E-state index contributed by atoms with van der Waals surface area (Å²) in [5.74, 6) is 0. The summed E-state index contributed by atoms with van der Waals surface area (Å²) in [5, 5.41) is 3.39. The van der Waals surface area contributed by atoms with Crippen molar-refractivity contribution in [3.05, 3.63) is 0 Å². The fraction of sp³-hybridized carbons (Fsp3) is 1.00. The third-order valence-corrected chi connectivity index (χ3v) is 1.77. The maximum atomic E-state index is 5.24. The van der Waals surface area contributed by atoms with Crippen LogP contribution in [-0.2, 0) is 4.74 Å². The highest BCUT2D eigenvalue weighted by Gasteiger charge is 1.88. The fourth-order valence-electron chi connectivity index (χ4n) is 1.08. The van der Waals surface area contributed by atoms with Crippen molar-refractivity contribution >= 4 is 0 Å². The van der Waals surface area contributed by atoms with Crippen LogP contribution in [0.5, 0.6) is 0 Å². The highest BCUT2D eigenvalue weighted by molar-refractivity contribution is 4.47. The van der Waals surface area contributed by atoms with Crippen molar-refractivity contribution in [2.75, 3.05) is 26.3 Å². The molecule has 0 aliphatic carbocycles. The van der Waals surface area contributed by atoms with Gasteiger partial charge in [-0.15, -0.1) is 0 Å². The number of unbranched alkanes of at least 4 members (excludes halogenated alkanes) is 2. The van der Waals surface area contributed by atoms with E-state index in [9.17, 15) is 0 Å². The summed E-state index contributed by atoms with van der Waals surface area (Å²) in [6.07, 6.45) is 5.02. The molecule has 0 rings (SSSR count). The largest absolute Gasteiger partial charge is 0.382 e. The van der Waals surface area contributed by atoms with Crippen LogP contribution < -0.4 is 5.32 Å². The quantitative estimate of drug-likeness (QED) is 0.540. The van der Waals surface area contributed by atoms with Gasteiger partial charge < -0.3 is 10.1 Å². The van der Waals surface area contributed by atoms with Crippen molar-refractivity contribution in [2.45, 2.75) is 39.5 Å². The van der Waals surface area contributed by atoms with Gasteiger partial charge in [-0.25, -0.2) is 0 Å². The molecule has 0 amide bonds. The zero-order valence-electron chi connectivity index (χ0n) is 8.57. The Morgan fingerprint density at radius 1 is 1.00 bits per heavy atom. The first-order chi connectivity index (χ1) is 5.91. The van der Waals surface area contributed by atoms with Crippen molar-refractivity contribution in [3.63, 3.8) is 0 Å². The third-order valence-electron chi connectivity index (χ3n) is 1.77. The van der Waals surface area contributed by atoms with Crippen molar-refractivity contribution in [3.8, 4) is 0 Å². The number of ether oxygens (including phenoxy) is 1. The van der Waals surface area contributed by atoms with Gasteiger partial charge in [0.1, 0.15) is 0 Å². The first-order valence-corrected chi connectivity index (χ1v) is 5.20. The van der Waals surface area contributed by atoms with Gasteiger partial charge in [0.25, 0.3) is 0 Å². The molecule has 0 aromatic carbocycles. The van der Waals surface area contributed by atoms with Crippen molar-refractivity contribution in [1.82, 2.24) is 5.32 Å². The molecule has 0 unspecified atom stereocenters. The number of nitrogens with one attached hydrogen (secondary N) is 1. The Labute approximate surface area is 76.7 Å². The summed E-state index contributed by atoms with van der Waals surface area (Å²) in [6, 6.07) is 0. The summed E-state index contributed by atoms with van der Waals surface area (Å²) >= 11 is 0. The molecule has 12 heavy (non-hydrogen) atoms. The molecule has 0 aromatic rings. The Kier molecular flexibility index (Phi) is 10.8. The summed E-state index contributed by atoms with van der Waals surface area (Å²) in [6.45, 7) is 8.36. The van der Waals surface area contributed by atoms with E-state index in [1.165, 1.54) is 32.2 Å². The Balaban J connectivity index is 2.73. The van der Waals surface area contributed by atoms with Crippen LogP contribution in [0.4, 0.5) is 0 Å². The van der Waals surface area contributed by atoms with Gasteiger partial charge in [0.2, 0.25) is 0 Å². The number of hydrogen-bond acceptors (Lipinski definition) is 2. The molecule has 2 nitrogen and oxygen atoms in total. The van der Waals surface area contributed by atoms with Gasteiger partial charge in [-0.1, -0.05) is 6.92 Å². The Hall–Kier alpha value is -0.0800. The van der Waals surface area contributed by atoms with Crippen LogP contribution in [0.1, 0.15) is 39.5 Å². The molecule has 0 heterocycles. The second kappa shape index (κ2) is 10.9. The Morgan fingerprint density at radius 3 is 2.50 bits per heavy atom. The number of rotatable bonds is 9. The molecule has 1 N–H and O–H groups in total. The molecular formula is C10H23NO. The summed E-state index contributed by atoms with van der Waals surface area (Å²) < 4.78 is 5.24. The highest BCUT2D eigenvalue weighted by atomic mass is 16.5. The van der Waals surface area contributed by atoms with Crippen LogP contribution in [0.25, 0.3) is 0 Å². The maximum Gasteiger partial charge on any atom is 0.0465 e. The average molecular weight is 173 g/mol. The van der Waals surface area contributed by atoms with Gasteiger partial charge in [-0.2, -0.15) is 0 Å². The minimum absolute atomic E-state index is 0.855. The fourth-order valence-corrected chi connectivity index (χ4v) is 1.08. The van der Waals surface area contributed by atoms with Gasteiger partial charge in [0, 0.05) is 13.2 Å². The molecule has 0 radical (unpaired) electrons. The van der Waals surface area contributed by atoms with Crippen LogP contribution in [0.3, 0.4) is 0 Å². The topological polar surface area (TPSA) is 21.3 Å². The van der Waals surface area contributed by atoms with Gasteiger partial charge >= 0.3 is 0 Å². The minimum Gasteiger partial charge on any atom is -0.382 e. The van der Waals surface area contributed by atoms with Gasteiger partial charge in [-0.3, -0.25) is 0 Å². The van der Waals surface area contributed by atoms with Crippen LogP contribution in [0, 0.1) is 0 Å². The molecule has 0 saturated carbocycles. The predicted octanol–water partition coefficient (Wildman–Crippen LogP) is 2.19. The van der Waals surface area contributed by atoms with Crippen LogP contribution in [0.15, 0.2) is 0 Å². The molecule has 0 fully saturated rings. The van der Waals surface area contributed by atoms with Crippen LogP contribution >= 0.6 is 0 Å². The minimum atomic E-state index is 0.855. The standard InChI is InChI=1S/C10H23NO/c1-3-8-11-9-6-5-7-10-12-4-2/h11H,3-10H2,1-2H3. The SMILES string of the molecule is CCCNCCCCCOCC. The van der Waals surface area contributed by atoms with E-state index in [0.717, 1.165) is 19.8 Å². The van der Waals surface area contributed by atoms with Crippen LogP contribution in [-0.4, -0.2) is 26.3 Å². The molecule has 0 aliphatic rings. The van der Waals surface area contributed by atoms with E-state index < -0.39 is 0 Å². The lowest BCUT2D eigenvalue weighted by Crippen LogP contribution is -2.15. The second-order valence-corrected chi connectivity index (χ2v) is 3.01. The molecule has 0 aromatic heterocycles. The molecular weight excluding hydrogens is 150 g/mol. The van der Waals surface area contributed by atoms with Gasteiger partial charge in [0.05, 0.1) is 0 Å². The summed E-state index contributed by atoms with van der Waals surface area (Å²) in [7, 11) is 0. The number of hydrogen-bond donors (Lipinski definition) is 1. The molecule has 0 saturated heterocycles. The van der Waals surface area contributed by atoms with E-state index in [-0.39, 0.29) is 0 Å². The average Bonchev–Trinajstić information content (AvgIpc) is 2.10. The lowest BCUT2D eigenvalue weighted by molar-refractivity contribution is 0.143. The lowest BCUT2D eigenvalue weighted by atomic mass is 10.2. The first kappa shape index (κ1) is 11.9. The predicted molar refractivity (Wildman–Crippen MR) is 53.5 cm³/mol. The van der Waals surface area contributed by atoms with E-state index >= 15 is 0 Å².